The van der Waals surface area contributed by atoms with E-state index < -0.39 is 5.60 Å². The van der Waals surface area contributed by atoms with Crippen LogP contribution in [0.25, 0.3) is 0 Å². The van der Waals surface area contributed by atoms with Crippen LogP contribution in [0.3, 0.4) is 0 Å². The van der Waals surface area contributed by atoms with E-state index in [1.165, 1.54) is 12.0 Å². The van der Waals surface area contributed by atoms with Gasteiger partial charge in [0.2, 0.25) is 0 Å². The maximum atomic E-state index is 11.8. The van der Waals surface area contributed by atoms with E-state index in [0.29, 0.717) is 6.61 Å². The van der Waals surface area contributed by atoms with Crippen molar-refractivity contribution < 1.29 is 9.84 Å². The molecule has 3 heteroatoms. The Hall–Kier alpha value is -2.62. The molecule has 1 saturated carbocycles. The van der Waals surface area contributed by atoms with Gasteiger partial charge in [-0.05, 0) is 48.7 Å². The van der Waals surface area contributed by atoms with Gasteiger partial charge in [0.05, 0.1) is 5.60 Å². The zero-order valence-corrected chi connectivity index (χ0v) is 18.4. The summed E-state index contributed by atoms with van der Waals surface area (Å²) in [6, 6.07) is 28.8. The molecule has 1 N–H and O–H groups in total. The second kappa shape index (κ2) is 10.1. The Morgan fingerprint density at radius 2 is 1.61 bits per heavy atom. The molecule has 3 aromatic carbocycles. The van der Waals surface area contributed by atoms with Crippen molar-refractivity contribution in [2.75, 3.05) is 13.6 Å². The lowest BCUT2D eigenvalue weighted by molar-refractivity contribution is -0.0644. The number of benzene rings is 3. The van der Waals surface area contributed by atoms with Crippen LogP contribution in [0, 0.1) is 5.92 Å². The van der Waals surface area contributed by atoms with Gasteiger partial charge in [-0.15, -0.1) is 0 Å². The zero-order valence-electron chi connectivity index (χ0n) is 18.4. The Morgan fingerprint density at radius 3 is 2.35 bits per heavy atom. The highest BCUT2D eigenvalue weighted by Crippen LogP contribution is 2.43. The SMILES string of the molecule is CN(Cc1ccccc1)CC1CCCCC1(O)c1cccc(OCc2ccccc2)c1. The first kappa shape index (κ1) is 21.6. The molecule has 0 radical (unpaired) electrons. The van der Waals surface area contributed by atoms with E-state index in [2.05, 4.69) is 60.5 Å². The van der Waals surface area contributed by atoms with Crippen LogP contribution in [0.4, 0.5) is 0 Å². The summed E-state index contributed by atoms with van der Waals surface area (Å²) in [4.78, 5) is 2.34. The summed E-state index contributed by atoms with van der Waals surface area (Å²) in [5.41, 5.74) is 2.62. The van der Waals surface area contributed by atoms with Gasteiger partial charge in [-0.2, -0.15) is 0 Å². The van der Waals surface area contributed by atoms with Crippen LogP contribution in [0.15, 0.2) is 84.9 Å². The summed E-state index contributed by atoms with van der Waals surface area (Å²) in [6.45, 7) is 2.31. The van der Waals surface area contributed by atoms with Crippen molar-refractivity contribution in [1.82, 2.24) is 4.90 Å². The molecule has 0 bridgehead atoms. The molecule has 0 saturated heterocycles. The zero-order chi connectivity index (χ0) is 21.5. The largest absolute Gasteiger partial charge is 0.489 e. The molecule has 0 aliphatic heterocycles. The van der Waals surface area contributed by atoms with Gasteiger partial charge in [0.15, 0.2) is 0 Å². The highest BCUT2D eigenvalue weighted by molar-refractivity contribution is 5.33. The van der Waals surface area contributed by atoms with Crippen LogP contribution < -0.4 is 4.74 Å². The fraction of sp³-hybridized carbons (Fsp3) is 0.357. The van der Waals surface area contributed by atoms with Crippen molar-refractivity contribution >= 4 is 0 Å². The van der Waals surface area contributed by atoms with E-state index in [1.54, 1.807) is 0 Å². The minimum atomic E-state index is -0.810. The molecule has 3 aromatic rings. The van der Waals surface area contributed by atoms with Crippen LogP contribution >= 0.6 is 0 Å². The monoisotopic (exact) mass is 415 g/mol. The van der Waals surface area contributed by atoms with Gasteiger partial charge >= 0.3 is 0 Å². The van der Waals surface area contributed by atoms with E-state index >= 15 is 0 Å². The molecule has 0 spiro atoms. The van der Waals surface area contributed by atoms with Crippen molar-refractivity contribution in [3.8, 4) is 5.75 Å². The maximum Gasteiger partial charge on any atom is 0.120 e. The summed E-state index contributed by atoms with van der Waals surface area (Å²) in [6.07, 6.45) is 4.09. The van der Waals surface area contributed by atoms with E-state index in [9.17, 15) is 5.11 Å². The molecule has 0 heterocycles. The maximum absolute atomic E-state index is 11.8. The summed E-state index contributed by atoms with van der Waals surface area (Å²) in [5, 5.41) is 11.8. The number of ether oxygens (including phenoxy) is 1. The fourth-order valence-electron chi connectivity index (χ4n) is 4.78. The smallest absolute Gasteiger partial charge is 0.120 e. The van der Waals surface area contributed by atoms with E-state index in [4.69, 9.17) is 4.74 Å². The number of nitrogens with zero attached hydrogens (tertiary/aromatic N) is 1. The highest BCUT2D eigenvalue weighted by Gasteiger charge is 2.40. The molecule has 1 aliphatic rings. The highest BCUT2D eigenvalue weighted by atomic mass is 16.5. The van der Waals surface area contributed by atoms with Crippen LogP contribution in [0.1, 0.15) is 42.4 Å². The van der Waals surface area contributed by atoms with E-state index in [1.807, 2.05) is 36.4 Å². The Balaban J connectivity index is 1.46. The first-order valence-electron chi connectivity index (χ1n) is 11.4. The second-order valence-electron chi connectivity index (χ2n) is 8.85. The molecule has 31 heavy (non-hydrogen) atoms. The van der Waals surface area contributed by atoms with E-state index in [0.717, 1.165) is 49.2 Å². The molecule has 4 rings (SSSR count). The van der Waals surface area contributed by atoms with Crippen molar-refractivity contribution in [2.24, 2.45) is 5.92 Å². The third kappa shape index (κ3) is 5.55. The molecule has 2 unspecified atom stereocenters. The van der Waals surface area contributed by atoms with Gasteiger partial charge in [0.1, 0.15) is 12.4 Å². The predicted molar refractivity (Wildman–Crippen MR) is 126 cm³/mol. The Morgan fingerprint density at radius 1 is 0.903 bits per heavy atom. The minimum absolute atomic E-state index is 0.208. The van der Waals surface area contributed by atoms with Gasteiger partial charge in [-0.25, -0.2) is 0 Å². The average Bonchev–Trinajstić information content (AvgIpc) is 2.81. The normalized spacial score (nSPS) is 21.2. The number of hydrogen-bond donors (Lipinski definition) is 1. The Kier molecular flexibility index (Phi) is 7.06. The summed E-state index contributed by atoms with van der Waals surface area (Å²) in [7, 11) is 2.15. The number of hydrogen-bond acceptors (Lipinski definition) is 3. The number of aliphatic hydroxyl groups is 1. The van der Waals surface area contributed by atoms with Crippen molar-refractivity contribution in [3.63, 3.8) is 0 Å². The topological polar surface area (TPSA) is 32.7 Å². The van der Waals surface area contributed by atoms with Gasteiger partial charge in [-0.3, -0.25) is 0 Å². The quantitative estimate of drug-likeness (QED) is 0.506. The summed E-state index contributed by atoms with van der Waals surface area (Å²) in [5.74, 6) is 1.02. The van der Waals surface area contributed by atoms with Gasteiger partial charge in [0, 0.05) is 19.0 Å². The molecule has 0 aromatic heterocycles. The molecular weight excluding hydrogens is 382 g/mol. The summed E-state index contributed by atoms with van der Waals surface area (Å²) < 4.78 is 6.04. The Labute approximate surface area is 186 Å². The second-order valence-corrected chi connectivity index (χ2v) is 8.85. The molecule has 1 fully saturated rings. The lowest BCUT2D eigenvalue weighted by Crippen LogP contribution is -2.43. The van der Waals surface area contributed by atoms with Crippen LogP contribution in [-0.4, -0.2) is 23.6 Å². The third-order valence-corrected chi connectivity index (χ3v) is 6.45. The molecule has 162 valence electrons. The van der Waals surface area contributed by atoms with E-state index in [-0.39, 0.29) is 5.92 Å². The predicted octanol–water partition coefficient (Wildman–Crippen LogP) is 5.78. The average molecular weight is 416 g/mol. The minimum Gasteiger partial charge on any atom is -0.489 e. The van der Waals surface area contributed by atoms with Gasteiger partial charge < -0.3 is 14.7 Å². The fourth-order valence-corrected chi connectivity index (χ4v) is 4.78. The lowest BCUT2D eigenvalue weighted by Gasteiger charge is -2.42. The Bertz CT molecular complexity index is 943. The molecule has 1 aliphatic carbocycles. The van der Waals surface area contributed by atoms with Gasteiger partial charge in [-0.1, -0.05) is 85.6 Å². The lowest BCUT2D eigenvalue weighted by atomic mass is 9.71. The molecule has 3 nitrogen and oxygen atoms in total. The standard InChI is InChI=1S/C28H33NO2/c1-29(20-23-11-4-2-5-12-23)21-26-15-8-9-18-28(26,30)25-16-10-17-27(19-25)31-22-24-13-6-3-7-14-24/h2-7,10-14,16-17,19,26,30H,8-9,15,18,20-22H2,1H3. The number of rotatable bonds is 8. The molecular formula is C28H33NO2. The van der Waals surface area contributed by atoms with Crippen molar-refractivity contribution in [2.45, 2.75) is 44.4 Å². The van der Waals surface area contributed by atoms with Crippen LogP contribution in [0.5, 0.6) is 5.75 Å². The third-order valence-electron chi connectivity index (χ3n) is 6.45. The molecule has 0 amide bonds. The summed E-state index contributed by atoms with van der Waals surface area (Å²) >= 11 is 0. The first-order chi connectivity index (χ1) is 15.1. The van der Waals surface area contributed by atoms with Crippen molar-refractivity contribution in [3.05, 3.63) is 102 Å². The molecule has 2 atom stereocenters. The van der Waals surface area contributed by atoms with Crippen molar-refractivity contribution in [1.29, 1.82) is 0 Å². The van der Waals surface area contributed by atoms with Gasteiger partial charge in [0.25, 0.3) is 0 Å². The van der Waals surface area contributed by atoms with Crippen LogP contribution in [-0.2, 0) is 18.8 Å². The van der Waals surface area contributed by atoms with Crippen LogP contribution in [0.2, 0.25) is 0 Å². The first-order valence-corrected chi connectivity index (χ1v) is 11.4.